The Morgan fingerprint density at radius 3 is 2.83 bits per heavy atom. The van der Waals surface area contributed by atoms with E-state index < -0.39 is 5.82 Å². The van der Waals surface area contributed by atoms with Crippen LogP contribution in [0, 0.1) is 12.7 Å². The van der Waals surface area contributed by atoms with Crippen molar-refractivity contribution in [3.63, 3.8) is 0 Å². The molecule has 3 nitrogen and oxygen atoms in total. The fraction of sp³-hybridized carbons (Fsp3) is 0.375. The third-order valence-electron chi connectivity index (χ3n) is 1.76. The van der Waals surface area contributed by atoms with E-state index >= 15 is 0 Å². The zero-order valence-electron chi connectivity index (χ0n) is 6.84. The number of aromatic nitrogens is 1. The van der Waals surface area contributed by atoms with Crippen molar-refractivity contribution >= 4 is 0 Å². The van der Waals surface area contributed by atoms with Crippen LogP contribution in [0.25, 0.3) is 0 Å². The molecule has 0 aliphatic carbocycles. The predicted octanol–water partition coefficient (Wildman–Crippen LogP) is 0.480. The molecule has 1 rings (SSSR count). The van der Waals surface area contributed by atoms with Crippen molar-refractivity contribution in [3.05, 3.63) is 28.8 Å². The number of aliphatic hydroxyl groups excluding tert-OH is 1. The summed E-state index contributed by atoms with van der Waals surface area (Å²) < 4.78 is 13.2. The van der Waals surface area contributed by atoms with E-state index in [0.717, 1.165) is 0 Å². The van der Waals surface area contributed by atoms with E-state index in [1.165, 1.54) is 6.20 Å². The van der Waals surface area contributed by atoms with Crippen LogP contribution in [-0.2, 0) is 13.2 Å². The third kappa shape index (κ3) is 1.44. The van der Waals surface area contributed by atoms with Gasteiger partial charge in [0.05, 0.1) is 12.3 Å². The Labute approximate surface area is 70.0 Å². The van der Waals surface area contributed by atoms with Gasteiger partial charge >= 0.3 is 0 Å². The topological polar surface area (TPSA) is 59.1 Å². The summed E-state index contributed by atoms with van der Waals surface area (Å²) in [4.78, 5) is 3.77. The first kappa shape index (κ1) is 9.09. The normalized spacial score (nSPS) is 10.3. The zero-order chi connectivity index (χ0) is 9.14. The van der Waals surface area contributed by atoms with Gasteiger partial charge < -0.3 is 10.8 Å². The summed E-state index contributed by atoms with van der Waals surface area (Å²) in [5.41, 5.74) is 6.44. The second-order valence-electron chi connectivity index (χ2n) is 2.52. The van der Waals surface area contributed by atoms with E-state index in [4.69, 9.17) is 10.8 Å². The Kier molecular flexibility index (Phi) is 2.73. The molecule has 0 unspecified atom stereocenters. The first-order valence-electron chi connectivity index (χ1n) is 3.64. The quantitative estimate of drug-likeness (QED) is 0.678. The lowest BCUT2D eigenvalue weighted by atomic mass is 10.1. The van der Waals surface area contributed by atoms with Crippen LogP contribution in [0.1, 0.15) is 16.8 Å². The Hall–Kier alpha value is -1.00. The van der Waals surface area contributed by atoms with Gasteiger partial charge in [0.25, 0.3) is 0 Å². The first-order valence-corrected chi connectivity index (χ1v) is 3.64. The summed E-state index contributed by atoms with van der Waals surface area (Å²) in [6.45, 7) is 1.43. The number of rotatable bonds is 2. The summed E-state index contributed by atoms with van der Waals surface area (Å²) in [7, 11) is 0. The number of nitrogens with zero attached hydrogens (tertiary/aromatic N) is 1. The molecule has 0 saturated heterocycles. The van der Waals surface area contributed by atoms with Gasteiger partial charge in [-0.3, -0.25) is 4.98 Å². The number of hydrogen-bond acceptors (Lipinski definition) is 3. The minimum Gasteiger partial charge on any atom is -0.392 e. The average Bonchev–Trinajstić information content (AvgIpc) is 2.09. The van der Waals surface area contributed by atoms with Crippen LogP contribution in [0.15, 0.2) is 6.20 Å². The molecule has 12 heavy (non-hydrogen) atoms. The van der Waals surface area contributed by atoms with Crippen LogP contribution in [0.5, 0.6) is 0 Å². The predicted molar refractivity (Wildman–Crippen MR) is 42.7 cm³/mol. The zero-order valence-corrected chi connectivity index (χ0v) is 6.84. The van der Waals surface area contributed by atoms with Gasteiger partial charge in [-0.1, -0.05) is 0 Å². The van der Waals surface area contributed by atoms with Crippen molar-refractivity contribution in [2.45, 2.75) is 20.1 Å². The highest BCUT2D eigenvalue weighted by atomic mass is 19.1. The molecule has 1 heterocycles. The highest BCUT2D eigenvalue weighted by Crippen LogP contribution is 2.14. The largest absolute Gasteiger partial charge is 0.392 e. The van der Waals surface area contributed by atoms with Gasteiger partial charge in [-0.15, -0.1) is 0 Å². The van der Waals surface area contributed by atoms with Gasteiger partial charge in [-0.25, -0.2) is 4.39 Å². The molecule has 0 fully saturated rings. The number of hydrogen-bond donors (Lipinski definition) is 2. The fourth-order valence-corrected chi connectivity index (χ4v) is 1.03. The Bertz CT molecular complexity index is 289. The monoisotopic (exact) mass is 170 g/mol. The summed E-state index contributed by atoms with van der Waals surface area (Å²) >= 11 is 0. The van der Waals surface area contributed by atoms with Crippen LogP contribution >= 0.6 is 0 Å². The molecule has 1 aromatic heterocycles. The van der Waals surface area contributed by atoms with E-state index in [0.29, 0.717) is 16.8 Å². The number of nitrogens with two attached hydrogens (primary N) is 1. The van der Waals surface area contributed by atoms with Crippen LogP contribution in [0.4, 0.5) is 4.39 Å². The van der Waals surface area contributed by atoms with Crippen LogP contribution in [-0.4, -0.2) is 10.1 Å². The molecule has 0 atom stereocenters. The van der Waals surface area contributed by atoms with Crippen molar-refractivity contribution in [3.8, 4) is 0 Å². The molecule has 0 aliphatic rings. The summed E-state index contributed by atoms with van der Waals surface area (Å²) in [5.74, 6) is -0.413. The average molecular weight is 170 g/mol. The summed E-state index contributed by atoms with van der Waals surface area (Å²) in [6.07, 6.45) is 1.45. The molecule has 0 aliphatic heterocycles. The number of halogens is 1. The Morgan fingerprint density at radius 2 is 2.33 bits per heavy atom. The molecular formula is C8H11FN2O. The minimum atomic E-state index is -0.413. The molecule has 0 saturated carbocycles. The molecule has 0 aromatic carbocycles. The molecule has 1 aromatic rings. The Morgan fingerprint density at radius 1 is 1.67 bits per heavy atom. The maximum absolute atomic E-state index is 13.2. The van der Waals surface area contributed by atoms with E-state index in [9.17, 15) is 4.39 Å². The van der Waals surface area contributed by atoms with Crippen molar-refractivity contribution < 1.29 is 9.50 Å². The van der Waals surface area contributed by atoms with Crippen LogP contribution in [0.3, 0.4) is 0 Å². The van der Waals surface area contributed by atoms with Gasteiger partial charge in [0.1, 0.15) is 5.82 Å². The molecular weight excluding hydrogens is 159 g/mol. The highest BCUT2D eigenvalue weighted by molar-refractivity contribution is 5.27. The highest BCUT2D eigenvalue weighted by Gasteiger charge is 2.09. The molecule has 3 N–H and O–H groups in total. The van der Waals surface area contributed by atoms with Crippen molar-refractivity contribution in [1.82, 2.24) is 4.98 Å². The molecule has 0 bridgehead atoms. The molecule has 66 valence electrons. The molecule has 0 spiro atoms. The Balaban J connectivity index is 3.25. The number of pyridine rings is 1. The van der Waals surface area contributed by atoms with Gasteiger partial charge in [-0.05, 0) is 6.92 Å². The lowest BCUT2D eigenvalue weighted by Gasteiger charge is -2.06. The lowest BCUT2D eigenvalue weighted by Crippen LogP contribution is -2.07. The van der Waals surface area contributed by atoms with Crippen molar-refractivity contribution in [2.75, 3.05) is 0 Å². The fourth-order valence-electron chi connectivity index (χ4n) is 1.03. The van der Waals surface area contributed by atoms with E-state index in [1.807, 2.05) is 0 Å². The van der Waals surface area contributed by atoms with Gasteiger partial charge in [0.15, 0.2) is 0 Å². The van der Waals surface area contributed by atoms with E-state index in [2.05, 4.69) is 4.98 Å². The second kappa shape index (κ2) is 3.60. The van der Waals surface area contributed by atoms with Crippen LogP contribution in [0.2, 0.25) is 0 Å². The summed E-state index contributed by atoms with van der Waals surface area (Å²) in [6, 6.07) is 0. The van der Waals surface area contributed by atoms with Crippen LogP contribution < -0.4 is 5.73 Å². The van der Waals surface area contributed by atoms with E-state index in [-0.39, 0.29) is 13.2 Å². The van der Waals surface area contributed by atoms with Crippen molar-refractivity contribution in [2.24, 2.45) is 5.73 Å². The van der Waals surface area contributed by atoms with Gasteiger partial charge in [0.2, 0.25) is 0 Å². The van der Waals surface area contributed by atoms with E-state index in [1.54, 1.807) is 6.92 Å². The maximum atomic E-state index is 13.2. The smallest absolute Gasteiger partial charge is 0.149 e. The second-order valence-corrected chi connectivity index (χ2v) is 2.52. The van der Waals surface area contributed by atoms with Crippen molar-refractivity contribution in [1.29, 1.82) is 0 Å². The number of aliphatic hydroxyl groups is 1. The summed E-state index contributed by atoms with van der Waals surface area (Å²) in [5, 5.41) is 8.80. The molecule has 4 heteroatoms. The molecule has 0 radical (unpaired) electrons. The number of aryl methyl sites for hydroxylation is 1. The SMILES string of the molecule is Cc1ncc(CO)c(CN)c1F. The molecule has 0 amide bonds. The third-order valence-corrected chi connectivity index (χ3v) is 1.76. The van der Waals surface area contributed by atoms with Gasteiger partial charge in [0, 0.05) is 23.9 Å². The maximum Gasteiger partial charge on any atom is 0.149 e. The minimum absolute atomic E-state index is 0.0884. The standard InChI is InChI=1S/C8H11FN2O/c1-5-8(9)7(2-10)6(4-12)3-11-5/h3,12H,2,4,10H2,1H3. The van der Waals surface area contributed by atoms with Gasteiger partial charge in [-0.2, -0.15) is 0 Å². The lowest BCUT2D eigenvalue weighted by molar-refractivity contribution is 0.279. The first-order chi connectivity index (χ1) is 5.70.